The van der Waals surface area contributed by atoms with E-state index in [4.69, 9.17) is 11.6 Å². The van der Waals surface area contributed by atoms with E-state index in [9.17, 15) is 9.18 Å². The molecule has 1 saturated carbocycles. The number of rotatable bonds is 3. The monoisotopic (exact) mass is 274 g/mol. The van der Waals surface area contributed by atoms with Crippen molar-refractivity contribution in [1.29, 1.82) is 0 Å². The largest absolute Gasteiger partial charge is 0.294 e. The molecular weight excluding hydrogens is 263 g/mol. The van der Waals surface area contributed by atoms with Gasteiger partial charge in [-0.25, -0.2) is 4.39 Å². The van der Waals surface area contributed by atoms with Crippen LogP contribution < -0.4 is 0 Å². The number of halogens is 2. The van der Waals surface area contributed by atoms with E-state index in [1.165, 1.54) is 6.07 Å². The van der Waals surface area contributed by atoms with Crippen molar-refractivity contribution < 1.29 is 9.18 Å². The second-order valence-electron chi connectivity index (χ2n) is 4.81. The average Bonchev–Trinajstić information content (AvgIpc) is 3.19. The van der Waals surface area contributed by atoms with Gasteiger partial charge < -0.3 is 0 Å². The molecule has 0 spiro atoms. The summed E-state index contributed by atoms with van der Waals surface area (Å²) in [6.45, 7) is 0. The summed E-state index contributed by atoms with van der Waals surface area (Å²) < 4.78 is 13.8. The quantitative estimate of drug-likeness (QED) is 0.755. The highest BCUT2D eigenvalue weighted by Gasteiger charge is 2.46. The van der Waals surface area contributed by atoms with E-state index in [0.29, 0.717) is 22.6 Å². The van der Waals surface area contributed by atoms with Gasteiger partial charge >= 0.3 is 0 Å². The van der Waals surface area contributed by atoms with Crippen molar-refractivity contribution in [3.63, 3.8) is 0 Å². The van der Waals surface area contributed by atoms with Gasteiger partial charge in [0.1, 0.15) is 5.82 Å². The van der Waals surface area contributed by atoms with E-state index in [1.54, 1.807) is 24.3 Å². The van der Waals surface area contributed by atoms with Crippen molar-refractivity contribution >= 4 is 17.4 Å². The Balaban J connectivity index is 1.84. The maximum atomic E-state index is 13.8. The third kappa shape index (κ3) is 2.28. The Hall–Kier alpha value is -1.67. The lowest BCUT2D eigenvalue weighted by Gasteiger charge is -2.05. The Labute approximate surface area is 116 Å². The lowest BCUT2D eigenvalue weighted by molar-refractivity contribution is 0.0965. The molecule has 2 aromatic rings. The Bertz CT molecular complexity index is 604. The summed E-state index contributed by atoms with van der Waals surface area (Å²) in [7, 11) is 0. The van der Waals surface area contributed by atoms with Gasteiger partial charge in [-0.2, -0.15) is 0 Å². The molecule has 3 heteroatoms. The molecule has 2 unspecified atom stereocenters. The second kappa shape index (κ2) is 4.78. The molecule has 2 aromatic carbocycles. The molecule has 0 heterocycles. The lowest BCUT2D eigenvalue weighted by atomic mass is 10.0. The fourth-order valence-electron chi connectivity index (χ4n) is 2.49. The Morgan fingerprint density at radius 1 is 1.11 bits per heavy atom. The van der Waals surface area contributed by atoms with Gasteiger partial charge in [0, 0.05) is 22.1 Å². The average molecular weight is 275 g/mol. The van der Waals surface area contributed by atoms with Gasteiger partial charge in [-0.05, 0) is 24.5 Å². The second-order valence-corrected chi connectivity index (χ2v) is 5.22. The molecule has 3 rings (SSSR count). The normalized spacial score (nSPS) is 21.2. The van der Waals surface area contributed by atoms with Crippen molar-refractivity contribution in [2.75, 3.05) is 0 Å². The third-order valence-corrected chi connectivity index (χ3v) is 3.89. The molecule has 0 bridgehead atoms. The predicted octanol–water partition coefficient (Wildman–Crippen LogP) is 4.47. The molecule has 1 nitrogen and oxygen atoms in total. The van der Waals surface area contributed by atoms with Crippen molar-refractivity contribution in [3.05, 3.63) is 70.5 Å². The van der Waals surface area contributed by atoms with E-state index in [2.05, 4.69) is 0 Å². The van der Waals surface area contributed by atoms with Gasteiger partial charge in [-0.15, -0.1) is 0 Å². The third-order valence-electron chi connectivity index (χ3n) is 3.56. The van der Waals surface area contributed by atoms with Crippen LogP contribution in [0.1, 0.15) is 28.3 Å². The van der Waals surface area contributed by atoms with Crippen LogP contribution in [0.4, 0.5) is 4.39 Å². The summed E-state index contributed by atoms with van der Waals surface area (Å²) in [6.07, 6.45) is 0.675. The van der Waals surface area contributed by atoms with Gasteiger partial charge in [0.25, 0.3) is 0 Å². The topological polar surface area (TPSA) is 17.1 Å². The van der Waals surface area contributed by atoms with E-state index in [0.717, 1.165) is 0 Å². The molecule has 0 saturated heterocycles. The predicted molar refractivity (Wildman–Crippen MR) is 73.0 cm³/mol. The minimum atomic E-state index is -0.319. The van der Waals surface area contributed by atoms with Crippen molar-refractivity contribution in [2.24, 2.45) is 5.92 Å². The van der Waals surface area contributed by atoms with Crippen LogP contribution in [0.2, 0.25) is 5.02 Å². The highest BCUT2D eigenvalue weighted by Crippen LogP contribution is 2.51. The first-order valence-corrected chi connectivity index (χ1v) is 6.59. The molecular formula is C16H12ClFO. The first-order chi connectivity index (χ1) is 9.18. The standard InChI is InChI=1S/C16H12ClFO/c17-13-7-4-8-14(18)15(13)11-9-12(11)16(19)10-5-2-1-3-6-10/h1-8,11-12H,9H2. The molecule has 96 valence electrons. The molecule has 1 aliphatic carbocycles. The molecule has 0 N–H and O–H groups in total. The number of benzene rings is 2. The maximum absolute atomic E-state index is 13.8. The van der Waals surface area contributed by atoms with Crippen LogP contribution in [0.3, 0.4) is 0 Å². The van der Waals surface area contributed by atoms with Crippen LogP contribution in [0.25, 0.3) is 0 Å². The van der Waals surface area contributed by atoms with E-state index >= 15 is 0 Å². The van der Waals surface area contributed by atoms with Gasteiger partial charge in [-0.1, -0.05) is 48.0 Å². The summed E-state index contributed by atoms with van der Waals surface area (Å²) in [5.41, 5.74) is 1.17. The fraction of sp³-hybridized carbons (Fsp3) is 0.188. The first kappa shape index (κ1) is 12.4. The summed E-state index contributed by atoms with van der Waals surface area (Å²) in [5, 5.41) is 0.411. The summed E-state index contributed by atoms with van der Waals surface area (Å²) >= 11 is 6.03. The fourth-order valence-corrected chi connectivity index (χ4v) is 2.79. The SMILES string of the molecule is O=C(c1ccccc1)C1CC1c1c(F)cccc1Cl. The minimum Gasteiger partial charge on any atom is -0.294 e. The number of hydrogen-bond donors (Lipinski definition) is 0. The van der Waals surface area contributed by atoms with Gasteiger partial charge in [-0.3, -0.25) is 4.79 Å². The van der Waals surface area contributed by atoms with E-state index in [1.807, 2.05) is 18.2 Å². The first-order valence-electron chi connectivity index (χ1n) is 6.21. The summed E-state index contributed by atoms with van der Waals surface area (Å²) in [6, 6.07) is 13.8. The van der Waals surface area contributed by atoms with Gasteiger partial charge in [0.2, 0.25) is 0 Å². The van der Waals surface area contributed by atoms with Crippen molar-refractivity contribution in [2.45, 2.75) is 12.3 Å². The zero-order valence-corrected chi connectivity index (χ0v) is 10.9. The Morgan fingerprint density at radius 3 is 2.53 bits per heavy atom. The van der Waals surface area contributed by atoms with Crippen molar-refractivity contribution in [3.8, 4) is 0 Å². The number of carbonyl (C=O) groups excluding carboxylic acids is 1. The zero-order chi connectivity index (χ0) is 13.4. The van der Waals surface area contributed by atoms with Crippen LogP contribution in [-0.4, -0.2) is 5.78 Å². The summed E-state index contributed by atoms with van der Waals surface area (Å²) in [5.74, 6) is -0.469. The molecule has 2 atom stereocenters. The van der Waals surface area contributed by atoms with Crippen LogP contribution in [-0.2, 0) is 0 Å². The van der Waals surface area contributed by atoms with Crippen LogP contribution in [0.15, 0.2) is 48.5 Å². The zero-order valence-electron chi connectivity index (χ0n) is 10.1. The Kier molecular flexibility index (Phi) is 3.11. The van der Waals surface area contributed by atoms with Crippen LogP contribution in [0.5, 0.6) is 0 Å². The molecule has 0 amide bonds. The van der Waals surface area contributed by atoms with Gasteiger partial charge in [0.15, 0.2) is 5.78 Å². The highest BCUT2D eigenvalue weighted by molar-refractivity contribution is 6.31. The smallest absolute Gasteiger partial charge is 0.166 e. The maximum Gasteiger partial charge on any atom is 0.166 e. The molecule has 0 aliphatic heterocycles. The van der Waals surface area contributed by atoms with E-state index < -0.39 is 0 Å². The summed E-state index contributed by atoms with van der Waals surface area (Å²) in [4.78, 5) is 12.2. The lowest BCUT2D eigenvalue weighted by Crippen LogP contribution is -2.03. The van der Waals surface area contributed by atoms with Crippen molar-refractivity contribution in [1.82, 2.24) is 0 Å². The van der Waals surface area contributed by atoms with Gasteiger partial charge in [0.05, 0.1) is 0 Å². The Morgan fingerprint density at radius 2 is 1.84 bits per heavy atom. The molecule has 19 heavy (non-hydrogen) atoms. The number of ketones is 1. The molecule has 0 aromatic heterocycles. The number of Topliss-reactive ketones (excluding diaryl/α,β-unsaturated/α-hetero) is 1. The van der Waals surface area contributed by atoms with E-state index in [-0.39, 0.29) is 23.4 Å². The molecule has 1 aliphatic rings. The van der Waals surface area contributed by atoms with Crippen LogP contribution >= 0.6 is 11.6 Å². The van der Waals surface area contributed by atoms with Crippen LogP contribution in [0, 0.1) is 11.7 Å². The highest BCUT2D eigenvalue weighted by atomic mass is 35.5. The number of hydrogen-bond acceptors (Lipinski definition) is 1. The molecule has 0 radical (unpaired) electrons. The number of carbonyl (C=O) groups is 1. The minimum absolute atomic E-state index is 0.0740. The molecule has 1 fully saturated rings.